The van der Waals surface area contributed by atoms with Gasteiger partial charge in [0.15, 0.2) is 0 Å². The summed E-state index contributed by atoms with van der Waals surface area (Å²) >= 11 is 0. The first-order valence-corrected chi connectivity index (χ1v) is 14.6. The summed E-state index contributed by atoms with van der Waals surface area (Å²) in [5.74, 6) is 0.196. The molecule has 2 amide bonds. The molecule has 202 valence electrons. The molecular weight excluding hydrogens is 470 g/mol. The molecule has 38 heavy (non-hydrogen) atoms. The molecule has 0 saturated carbocycles. The molecule has 1 saturated heterocycles. The molecule has 3 aromatic rings. The van der Waals surface area contributed by atoms with E-state index in [-0.39, 0.29) is 11.8 Å². The van der Waals surface area contributed by atoms with Crippen LogP contribution in [-0.2, 0) is 4.79 Å². The van der Waals surface area contributed by atoms with Crippen molar-refractivity contribution in [2.45, 2.75) is 71.1 Å². The molecule has 5 nitrogen and oxygen atoms in total. The fourth-order valence-electron chi connectivity index (χ4n) is 5.25. The SMILES string of the molecule is CCCCCCCCCCCC(=O)Nc1ccc(N2CCN(C(=O)c3ccc4ccccc4c3)CC2)cc1. The molecular formula is C33H43N3O2. The summed E-state index contributed by atoms with van der Waals surface area (Å²) in [5.41, 5.74) is 2.72. The standard InChI is InChI=1S/C33H43N3O2/c1-2-3-4-5-6-7-8-9-10-15-32(37)34-30-18-20-31(21-19-30)35-22-24-36(25-23-35)33(38)29-17-16-27-13-11-12-14-28(27)26-29/h11-14,16-21,26H,2-10,15,22-25H2,1H3,(H,34,37). The van der Waals surface area contributed by atoms with E-state index < -0.39 is 0 Å². The number of benzene rings is 3. The van der Waals surface area contributed by atoms with Crippen LogP contribution >= 0.6 is 0 Å². The molecule has 1 N–H and O–H groups in total. The number of unbranched alkanes of at least 4 members (excludes halogenated alkanes) is 8. The van der Waals surface area contributed by atoms with Gasteiger partial charge in [0.1, 0.15) is 0 Å². The zero-order valence-electron chi connectivity index (χ0n) is 23.0. The minimum absolute atomic E-state index is 0.0976. The Morgan fingerprint density at radius 3 is 2.03 bits per heavy atom. The second-order valence-electron chi connectivity index (χ2n) is 10.5. The van der Waals surface area contributed by atoms with Crippen molar-refractivity contribution in [2.24, 2.45) is 0 Å². The first kappa shape index (κ1) is 27.7. The molecule has 3 aromatic carbocycles. The third kappa shape index (κ3) is 8.08. The molecule has 1 fully saturated rings. The summed E-state index contributed by atoms with van der Waals surface area (Å²) in [5, 5.41) is 5.28. The van der Waals surface area contributed by atoms with Gasteiger partial charge in [-0.3, -0.25) is 9.59 Å². The van der Waals surface area contributed by atoms with Crippen molar-refractivity contribution in [3.63, 3.8) is 0 Å². The first-order chi connectivity index (χ1) is 18.6. The Labute approximate surface area is 228 Å². The second-order valence-corrected chi connectivity index (χ2v) is 10.5. The third-order valence-corrected chi connectivity index (χ3v) is 7.59. The number of carbonyl (C=O) groups is 2. The van der Waals surface area contributed by atoms with Gasteiger partial charge in [-0.05, 0) is 53.6 Å². The van der Waals surface area contributed by atoms with Gasteiger partial charge in [-0.2, -0.15) is 0 Å². The summed E-state index contributed by atoms with van der Waals surface area (Å²) in [6, 6.07) is 22.2. The van der Waals surface area contributed by atoms with Crippen LogP contribution in [0.4, 0.5) is 11.4 Å². The van der Waals surface area contributed by atoms with Crippen LogP contribution in [0.3, 0.4) is 0 Å². The van der Waals surface area contributed by atoms with Crippen LogP contribution in [-0.4, -0.2) is 42.9 Å². The monoisotopic (exact) mass is 513 g/mol. The van der Waals surface area contributed by atoms with E-state index in [4.69, 9.17) is 0 Å². The van der Waals surface area contributed by atoms with Crippen LogP contribution in [0, 0.1) is 0 Å². The maximum atomic E-state index is 13.1. The highest BCUT2D eigenvalue weighted by Gasteiger charge is 2.22. The van der Waals surface area contributed by atoms with Gasteiger partial charge in [0, 0.05) is 49.5 Å². The molecule has 1 aliphatic heterocycles. The normalized spacial score (nSPS) is 13.6. The summed E-state index contributed by atoms with van der Waals surface area (Å²) in [6.07, 6.45) is 11.9. The van der Waals surface area contributed by atoms with Gasteiger partial charge < -0.3 is 15.1 Å². The molecule has 1 aliphatic rings. The topological polar surface area (TPSA) is 52.7 Å². The maximum absolute atomic E-state index is 13.1. The minimum Gasteiger partial charge on any atom is -0.368 e. The number of fused-ring (bicyclic) bond motifs is 1. The number of rotatable bonds is 13. The van der Waals surface area contributed by atoms with Gasteiger partial charge in [-0.15, -0.1) is 0 Å². The zero-order valence-corrected chi connectivity index (χ0v) is 23.0. The molecule has 0 aromatic heterocycles. The van der Waals surface area contributed by atoms with Crippen LogP contribution in [0.2, 0.25) is 0 Å². The molecule has 0 unspecified atom stereocenters. The fourth-order valence-corrected chi connectivity index (χ4v) is 5.25. The van der Waals surface area contributed by atoms with Crippen LogP contribution in [0.15, 0.2) is 66.7 Å². The Bertz CT molecular complexity index is 1170. The summed E-state index contributed by atoms with van der Waals surface area (Å²) in [6.45, 7) is 5.23. The largest absolute Gasteiger partial charge is 0.368 e. The summed E-state index contributed by atoms with van der Waals surface area (Å²) in [7, 11) is 0. The van der Waals surface area contributed by atoms with Crippen molar-refractivity contribution >= 4 is 34.0 Å². The predicted molar refractivity (Wildman–Crippen MR) is 159 cm³/mol. The Hall–Kier alpha value is -3.34. The van der Waals surface area contributed by atoms with Gasteiger partial charge >= 0.3 is 0 Å². The Kier molecular flexibility index (Phi) is 10.6. The lowest BCUT2D eigenvalue weighted by molar-refractivity contribution is -0.116. The van der Waals surface area contributed by atoms with E-state index in [9.17, 15) is 9.59 Å². The van der Waals surface area contributed by atoms with E-state index in [1.54, 1.807) is 0 Å². The number of hydrogen-bond donors (Lipinski definition) is 1. The van der Waals surface area contributed by atoms with Crippen LogP contribution in [0.5, 0.6) is 0 Å². The number of piperazine rings is 1. The van der Waals surface area contributed by atoms with E-state index >= 15 is 0 Å². The molecule has 5 heteroatoms. The number of hydrogen-bond acceptors (Lipinski definition) is 3. The Morgan fingerprint density at radius 2 is 1.34 bits per heavy atom. The van der Waals surface area contributed by atoms with Gasteiger partial charge in [-0.25, -0.2) is 0 Å². The van der Waals surface area contributed by atoms with E-state index in [2.05, 4.69) is 35.3 Å². The highest BCUT2D eigenvalue weighted by Crippen LogP contribution is 2.22. The average Bonchev–Trinajstić information content (AvgIpc) is 2.96. The summed E-state index contributed by atoms with van der Waals surface area (Å²) < 4.78 is 0. The van der Waals surface area contributed by atoms with Crippen LogP contribution in [0.1, 0.15) is 81.5 Å². The Balaban J connectivity index is 1.16. The smallest absolute Gasteiger partial charge is 0.253 e. The molecule has 0 aliphatic carbocycles. The minimum atomic E-state index is 0.0976. The number of anilines is 2. The van der Waals surface area contributed by atoms with E-state index in [1.807, 2.05) is 53.4 Å². The lowest BCUT2D eigenvalue weighted by Crippen LogP contribution is -2.48. The van der Waals surface area contributed by atoms with Gasteiger partial charge in [0.05, 0.1) is 0 Å². The van der Waals surface area contributed by atoms with Crippen molar-refractivity contribution < 1.29 is 9.59 Å². The van der Waals surface area contributed by atoms with Gasteiger partial charge in [-0.1, -0.05) is 88.6 Å². The predicted octanol–water partition coefficient (Wildman–Crippen LogP) is 7.66. The molecule has 0 bridgehead atoms. The zero-order chi connectivity index (χ0) is 26.6. The number of carbonyl (C=O) groups excluding carboxylic acids is 2. The van der Waals surface area contributed by atoms with Crippen molar-refractivity contribution in [3.8, 4) is 0 Å². The van der Waals surface area contributed by atoms with E-state index in [1.165, 1.54) is 44.9 Å². The van der Waals surface area contributed by atoms with Crippen molar-refractivity contribution in [3.05, 3.63) is 72.3 Å². The highest BCUT2D eigenvalue weighted by atomic mass is 16.2. The number of nitrogens with one attached hydrogen (secondary N) is 1. The second kappa shape index (κ2) is 14.6. The molecule has 1 heterocycles. The van der Waals surface area contributed by atoms with Crippen LogP contribution < -0.4 is 10.2 Å². The molecule has 4 rings (SSSR count). The average molecular weight is 514 g/mol. The van der Waals surface area contributed by atoms with Crippen molar-refractivity contribution in [2.75, 3.05) is 36.4 Å². The quantitative estimate of drug-likeness (QED) is 0.239. The molecule has 0 radical (unpaired) electrons. The van der Waals surface area contributed by atoms with E-state index in [0.29, 0.717) is 19.5 Å². The number of amides is 2. The number of nitrogens with zero attached hydrogens (tertiary/aromatic N) is 2. The summed E-state index contributed by atoms with van der Waals surface area (Å²) in [4.78, 5) is 29.7. The highest BCUT2D eigenvalue weighted by molar-refractivity contribution is 5.98. The van der Waals surface area contributed by atoms with Crippen LogP contribution in [0.25, 0.3) is 10.8 Å². The maximum Gasteiger partial charge on any atom is 0.253 e. The molecule has 0 atom stereocenters. The first-order valence-electron chi connectivity index (χ1n) is 14.6. The van der Waals surface area contributed by atoms with E-state index in [0.717, 1.165) is 53.6 Å². The van der Waals surface area contributed by atoms with Gasteiger partial charge in [0.2, 0.25) is 5.91 Å². The lowest BCUT2D eigenvalue weighted by Gasteiger charge is -2.36. The molecule has 0 spiro atoms. The fraction of sp³-hybridized carbons (Fsp3) is 0.455. The van der Waals surface area contributed by atoms with Gasteiger partial charge in [0.25, 0.3) is 5.91 Å². The van der Waals surface area contributed by atoms with Crippen molar-refractivity contribution in [1.82, 2.24) is 4.90 Å². The van der Waals surface area contributed by atoms with Crippen molar-refractivity contribution in [1.29, 1.82) is 0 Å². The lowest BCUT2D eigenvalue weighted by atomic mass is 10.1. The third-order valence-electron chi connectivity index (χ3n) is 7.59. The Morgan fingerprint density at radius 1 is 0.711 bits per heavy atom.